The van der Waals surface area contributed by atoms with E-state index in [-0.39, 0.29) is 0 Å². The Kier molecular flexibility index (Phi) is 5.39. The molecule has 34 heavy (non-hydrogen) atoms. The predicted molar refractivity (Wildman–Crippen MR) is 133 cm³/mol. The van der Waals surface area contributed by atoms with E-state index < -0.39 is 0 Å². The van der Waals surface area contributed by atoms with Gasteiger partial charge in [0, 0.05) is 68.1 Å². The lowest BCUT2D eigenvalue weighted by Gasteiger charge is -2.32. The number of aryl methyl sites for hydroxylation is 1. The summed E-state index contributed by atoms with van der Waals surface area (Å²) < 4.78 is 8.03. The molecule has 11 heteroatoms. The van der Waals surface area contributed by atoms with Crippen molar-refractivity contribution in [3.8, 4) is 10.6 Å². The molecular weight excluding hydrogens is 450 g/mol. The third-order valence-electron chi connectivity index (χ3n) is 6.55. The van der Waals surface area contributed by atoms with Crippen LogP contribution in [0.25, 0.3) is 20.8 Å². The van der Waals surface area contributed by atoms with Crippen LogP contribution < -0.4 is 10.2 Å². The molecule has 0 unspecified atom stereocenters. The number of nitrogens with one attached hydrogen (secondary N) is 1. The maximum atomic E-state index is 5.13. The monoisotopic (exact) mass is 477 g/mol. The maximum absolute atomic E-state index is 5.13. The van der Waals surface area contributed by atoms with E-state index in [0.717, 1.165) is 51.3 Å². The first-order valence-electron chi connectivity index (χ1n) is 11.4. The molecule has 1 N–H and O–H groups in total. The van der Waals surface area contributed by atoms with E-state index in [2.05, 4.69) is 32.2 Å². The number of piperazine rings is 1. The first-order chi connectivity index (χ1) is 16.6. The Balaban J connectivity index is 1.22. The number of methoxy groups -OCH3 is 1. The molecule has 2 saturated heterocycles. The molecule has 0 radical (unpaired) electrons. The number of rotatable bonds is 7. The topological polar surface area (TPSA) is 97.1 Å². The van der Waals surface area contributed by atoms with Gasteiger partial charge in [0.15, 0.2) is 0 Å². The zero-order valence-corrected chi connectivity index (χ0v) is 20.3. The second kappa shape index (κ2) is 8.57. The largest absolute Gasteiger partial charge is 0.383 e. The summed E-state index contributed by atoms with van der Waals surface area (Å²) in [4.78, 5) is 23.7. The number of nitrogens with zero attached hydrogens (tertiary/aromatic N) is 8. The molecule has 2 fully saturated rings. The smallest absolute Gasteiger partial charge is 0.227 e. The van der Waals surface area contributed by atoms with Crippen LogP contribution in [0.5, 0.6) is 0 Å². The van der Waals surface area contributed by atoms with Crippen molar-refractivity contribution in [3.05, 3.63) is 36.4 Å². The minimum Gasteiger partial charge on any atom is -0.383 e. The summed E-state index contributed by atoms with van der Waals surface area (Å²) in [6.07, 6.45) is 6.88. The van der Waals surface area contributed by atoms with E-state index in [1.807, 2.05) is 42.3 Å². The van der Waals surface area contributed by atoms with Gasteiger partial charge in [-0.2, -0.15) is 10.1 Å². The third-order valence-corrected chi connectivity index (χ3v) is 7.60. The van der Waals surface area contributed by atoms with Crippen molar-refractivity contribution in [2.75, 3.05) is 44.1 Å². The fraction of sp³-hybridized carbons (Fsp3) is 0.435. The highest BCUT2D eigenvalue weighted by molar-refractivity contribution is 7.21. The summed E-state index contributed by atoms with van der Waals surface area (Å²) in [5.74, 6) is 2.26. The Bertz CT molecular complexity index is 1330. The summed E-state index contributed by atoms with van der Waals surface area (Å²) in [6, 6.07) is 5.01. The van der Waals surface area contributed by atoms with E-state index in [1.54, 1.807) is 18.4 Å². The number of thiazole rings is 1. The number of pyridine rings is 1. The molecule has 2 atom stereocenters. The number of ether oxygens (including phenoxy) is 1. The van der Waals surface area contributed by atoms with Crippen molar-refractivity contribution in [2.24, 2.45) is 0 Å². The molecule has 6 heterocycles. The first-order valence-corrected chi connectivity index (χ1v) is 12.3. The molecule has 6 rings (SSSR count). The van der Waals surface area contributed by atoms with E-state index in [4.69, 9.17) is 19.7 Å². The number of hydrogen-bond acceptors (Lipinski definition) is 10. The van der Waals surface area contributed by atoms with Gasteiger partial charge in [0.05, 0.1) is 29.6 Å². The molecular formula is C23H27N9OS. The van der Waals surface area contributed by atoms with Crippen molar-refractivity contribution < 1.29 is 4.74 Å². The standard InChI is InChI=1S/C23H27N9OS/c1-14-6-21(29-23(26-14)32-13-16-7-17(32)12-30(16)2)28-20-8-18-19(10-24-20)34-22(27-18)15-9-25-31(11-15)4-5-33-3/h6,8-11,16-17H,4-5,7,12-13H2,1-3H3,(H,24,26,28,29)/t16-,17-/m0/s1. The molecule has 0 saturated carbocycles. The Labute approximate surface area is 201 Å². The van der Waals surface area contributed by atoms with Gasteiger partial charge in [-0.15, -0.1) is 11.3 Å². The van der Waals surface area contributed by atoms with Crippen LogP contribution in [0.3, 0.4) is 0 Å². The quantitative estimate of drug-likeness (QED) is 0.431. The van der Waals surface area contributed by atoms with Gasteiger partial charge in [-0.25, -0.2) is 15.0 Å². The van der Waals surface area contributed by atoms with Crippen LogP contribution in [0, 0.1) is 6.92 Å². The van der Waals surface area contributed by atoms with Crippen LogP contribution in [0.1, 0.15) is 12.1 Å². The number of hydrogen-bond donors (Lipinski definition) is 1. The molecule has 0 aliphatic carbocycles. The number of aromatic nitrogens is 6. The molecule has 10 nitrogen and oxygen atoms in total. The van der Waals surface area contributed by atoms with Crippen molar-refractivity contribution in [1.29, 1.82) is 0 Å². The zero-order chi connectivity index (χ0) is 23.2. The van der Waals surface area contributed by atoms with Crippen LogP contribution in [-0.4, -0.2) is 80.6 Å². The van der Waals surface area contributed by atoms with Gasteiger partial charge in [0.1, 0.15) is 16.6 Å². The SMILES string of the molecule is COCCn1cc(-c2nc3cc(Nc4cc(C)nc(N5C[C@@H]6C[C@H]5CN6C)n4)ncc3s2)cn1. The van der Waals surface area contributed by atoms with Crippen molar-refractivity contribution in [3.63, 3.8) is 0 Å². The summed E-state index contributed by atoms with van der Waals surface area (Å²) in [5.41, 5.74) is 2.83. The average molecular weight is 478 g/mol. The van der Waals surface area contributed by atoms with Gasteiger partial charge >= 0.3 is 0 Å². The van der Waals surface area contributed by atoms with Crippen molar-refractivity contribution in [2.45, 2.75) is 32.0 Å². The molecule has 0 aromatic carbocycles. The minimum absolute atomic E-state index is 0.492. The summed E-state index contributed by atoms with van der Waals surface area (Å²) in [5, 5.41) is 8.68. The molecule has 2 bridgehead atoms. The van der Waals surface area contributed by atoms with Gasteiger partial charge < -0.3 is 15.0 Å². The molecule has 0 amide bonds. The van der Waals surface area contributed by atoms with Gasteiger partial charge in [0.25, 0.3) is 0 Å². The fourth-order valence-corrected chi connectivity index (χ4v) is 5.69. The molecule has 0 spiro atoms. The Hall–Kier alpha value is -3.15. The lowest BCUT2D eigenvalue weighted by molar-refractivity contribution is 0.183. The van der Waals surface area contributed by atoms with Crippen molar-refractivity contribution >= 4 is 39.1 Å². The zero-order valence-electron chi connectivity index (χ0n) is 19.5. The maximum Gasteiger partial charge on any atom is 0.227 e. The van der Waals surface area contributed by atoms with Gasteiger partial charge in [-0.1, -0.05) is 0 Å². The van der Waals surface area contributed by atoms with Crippen LogP contribution >= 0.6 is 11.3 Å². The molecule has 4 aromatic heterocycles. The highest BCUT2D eigenvalue weighted by Gasteiger charge is 2.42. The molecule has 176 valence electrons. The minimum atomic E-state index is 0.492. The van der Waals surface area contributed by atoms with E-state index in [9.17, 15) is 0 Å². The van der Waals surface area contributed by atoms with Gasteiger partial charge in [-0.05, 0) is 20.4 Å². The highest BCUT2D eigenvalue weighted by atomic mass is 32.1. The highest BCUT2D eigenvalue weighted by Crippen LogP contribution is 2.33. The second-order valence-electron chi connectivity index (χ2n) is 9.00. The van der Waals surface area contributed by atoms with Crippen LogP contribution in [0.15, 0.2) is 30.7 Å². The Morgan fingerprint density at radius 1 is 1.12 bits per heavy atom. The lowest BCUT2D eigenvalue weighted by atomic mass is 10.2. The van der Waals surface area contributed by atoms with Crippen LogP contribution in [-0.2, 0) is 11.3 Å². The first kappa shape index (κ1) is 21.4. The lowest BCUT2D eigenvalue weighted by Crippen LogP contribution is -2.45. The van der Waals surface area contributed by atoms with E-state index in [0.29, 0.717) is 31.1 Å². The predicted octanol–water partition coefficient (Wildman–Crippen LogP) is 2.94. The number of fused-ring (bicyclic) bond motifs is 3. The number of likely N-dealkylation sites (N-methyl/N-ethyl adjacent to an activating group) is 1. The summed E-state index contributed by atoms with van der Waals surface area (Å²) in [7, 11) is 3.89. The third kappa shape index (κ3) is 3.99. The molecule has 4 aromatic rings. The average Bonchev–Trinajstić information content (AvgIpc) is 3.59. The van der Waals surface area contributed by atoms with Gasteiger partial charge in [0.2, 0.25) is 5.95 Å². The summed E-state index contributed by atoms with van der Waals surface area (Å²) >= 11 is 1.61. The molecule has 2 aliphatic rings. The van der Waals surface area contributed by atoms with E-state index in [1.165, 1.54) is 6.42 Å². The van der Waals surface area contributed by atoms with Crippen LogP contribution in [0.2, 0.25) is 0 Å². The van der Waals surface area contributed by atoms with Crippen LogP contribution in [0.4, 0.5) is 17.6 Å². The normalized spacial score (nSPS) is 20.0. The van der Waals surface area contributed by atoms with Gasteiger partial charge in [-0.3, -0.25) is 9.58 Å². The molecule has 2 aliphatic heterocycles. The van der Waals surface area contributed by atoms with E-state index >= 15 is 0 Å². The number of likely N-dealkylation sites (tertiary alicyclic amines) is 1. The Morgan fingerprint density at radius 2 is 2.03 bits per heavy atom. The second-order valence-corrected chi connectivity index (χ2v) is 10.0. The van der Waals surface area contributed by atoms with Crippen molar-refractivity contribution in [1.82, 2.24) is 34.6 Å². The Morgan fingerprint density at radius 3 is 2.82 bits per heavy atom. The summed E-state index contributed by atoms with van der Waals surface area (Å²) in [6.45, 7) is 5.40. The fourth-order valence-electron chi connectivity index (χ4n) is 4.79. The number of anilines is 3.